The third kappa shape index (κ3) is 5.94. The molecule has 2 aromatic rings. The van der Waals surface area contributed by atoms with Crippen molar-refractivity contribution >= 4 is 30.0 Å². The van der Waals surface area contributed by atoms with Crippen molar-refractivity contribution in [1.29, 1.82) is 0 Å². The molecular formula is C16H22BrN3O4Si. The molecule has 9 heteroatoms. The van der Waals surface area contributed by atoms with Crippen molar-refractivity contribution in [1.82, 2.24) is 15.0 Å². The molecular weight excluding hydrogens is 406 g/mol. The molecule has 1 aromatic carbocycles. The van der Waals surface area contributed by atoms with E-state index in [1.54, 1.807) is 12.1 Å². The molecule has 0 spiro atoms. The molecule has 0 unspecified atom stereocenters. The van der Waals surface area contributed by atoms with E-state index in [4.69, 9.17) is 14.2 Å². The van der Waals surface area contributed by atoms with Gasteiger partial charge in [-0.15, -0.1) is 0 Å². The van der Waals surface area contributed by atoms with Crippen LogP contribution in [0.2, 0.25) is 25.7 Å². The number of hydrogen-bond acceptors (Lipinski definition) is 6. The van der Waals surface area contributed by atoms with Crippen LogP contribution in [0.3, 0.4) is 0 Å². The largest absolute Gasteiger partial charge is 0.464 e. The van der Waals surface area contributed by atoms with Gasteiger partial charge in [-0.1, -0.05) is 45.9 Å². The minimum absolute atomic E-state index is 0.0861. The minimum atomic E-state index is -1.18. The molecule has 0 aliphatic rings. The SMILES string of the molecule is COC(=O)c1c(Oc2ccc(Br)cc2)nnn1COCC[Si](C)(C)C. The molecule has 0 saturated heterocycles. The smallest absolute Gasteiger partial charge is 0.362 e. The maximum absolute atomic E-state index is 12.1. The van der Waals surface area contributed by atoms with Crippen LogP contribution in [0.5, 0.6) is 11.6 Å². The van der Waals surface area contributed by atoms with E-state index in [1.165, 1.54) is 11.8 Å². The second-order valence-corrected chi connectivity index (χ2v) is 13.2. The highest BCUT2D eigenvalue weighted by Gasteiger charge is 2.23. The minimum Gasteiger partial charge on any atom is -0.464 e. The van der Waals surface area contributed by atoms with Gasteiger partial charge in [0.05, 0.1) is 7.11 Å². The third-order valence-corrected chi connectivity index (χ3v) is 5.55. The number of carbonyl (C=O) groups excluding carboxylic acids is 1. The average molecular weight is 428 g/mol. The number of methoxy groups -OCH3 is 1. The van der Waals surface area contributed by atoms with Crippen LogP contribution in [-0.2, 0) is 16.2 Å². The number of aromatic nitrogens is 3. The Labute approximate surface area is 156 Å². The lowest BCUT2D eigenvalue weighted by molar-refractivity contribution is 0.0512. The van der Waals surface area contributed by atoms with Crippen molar-refractivity contribution in [2.75, 3.05) is 13.7 Å². The van der Waals surface area contributed by atoms with Crippen LogP contribution < -0.4 is 4.74 Å². The van der Waals surface area contributed by atoms with Crippen molar-refractivity contribution in [3.05, 3.63) is 34.4 Å². The first-order chi connectivity index (χ1) is 11.8. The van der Waals surface area contributed by atoms with Gasteiger partial charge in [0.15, 0.2) is 0 Å². The number of halogens is 1. The molecule has 136 valence electrons. The van der Waals surface area contributed by atoms with E-state index in [2.05, 4.69) is 45.9 Å². The van der Waals surface area contributed by atoms with E-state index >= 15 is 0 Å². The normalized spacial score (nSPS) is 11.4. The molecule has 0 aliphatic carbocycles. The second-order valence-electron chi connectivity index (χ2n) is 6.64. The zero-order valence-corrected chi connectivity index (χ0v) is 17.4. The van der Waals surface area contributed by atoms with Gasteiger partial charge in [-0.2, -0.15) is 0 Å². The number of rotatable bonds is 8. The van der Waals surface area contributed by atoms with Crippen molar-refractivity contribution < 1.29 is 19.0 Å². The summed E-state index contributed by atoms with van der Waals surface area (Å²) in [7, 11) is 0.122. The molecule has 0 saturated carbocycles. The molecule has 7 nitrogen and oxygen atoms in total. The average Bonchev–Trinajstić information content (AvgIpc) is 2.95. The van der Waals surface area contributed by atoms with E-state index in [-0.39, 0.29) is 18.3 Å². The molecule has 0 radical (unpaired) electrons. The van der Waals surface area contributed by atoms with Gasteiger partial charge in [0.25, 0.3) is 5.88 Å². The molecule has 0 amide bonds. The summed E-state index contributed by atoms with van der Waals surface area (Å²) in [4.78, 5) is 12.1. The molecule has 0 fully saturated rings. The Kier molecular flexibility index (Phi) is 6.74. The molecule has 0 bridgehead atoms. The lowest BCUT2D eigenvalue weighted by Crippen LogP contribution is -2.22. The standard InChI is InChI=1S/C16H22BrN3O4Si/c1-22-16(21)14-15(24-13-7-5-12(17)6-8-13)18-19-20(14)11-23-9-10-25(2,3)4/h5-8H,9-11H2,1-4H3. The highest BCUT2D eigenvalue weighted by Crippen LogP contribution is 2.25. The monoisotopic (exact) mass is 427 g/mol. The number of esters is 1. The number of hydrogen-bond donors (Lipinski definition) is 0. The van der Waals surface area contributed by atoms with Crippen LogP contribution in [0, 0.1) is 0 Å². The van der Waals surface area contributed by atoms with Crippen molar-refractivity contribution in [2.24, 2.45) is 0 Å². The molecule has 2 rings (SSSR count). The fourth-order valence-corrected chi connectivity index (χ4v) is 2.91. The molecule has 1 aromatic heterocycles. The van der Waals surface area contributed by atoms with Crippen LogP contribution >= 0.6 is 15.9 Å². The summed E-state index contributed by atoms with van der Waals surface area (Å²) in [6, 6.07) is 8.20. The first-order valence-electron chi connectivity index (χ1n) is 7.83. The topological polar surface area (TPSA) is 75.5 Å². The van der Waals surface area contributed by atoms with Crippen LogP contribution in [0.1, 0.15) is 10.5 Å². The molecule has 25 heavy (non-hydrogen) atoms. The van der Waals surface area contributed by atoms with E-state index < -0.39 is 14.0 Å². The van der Waals surface area contributed by atoms with E-state index in [0.29, 0.717) is 12.4 Å². The summed E-state index contributed by atoms with van der Waals surface area (Å²) in [5.74, 6) is 0.0499. The number of ether oxygens (including phenoxy) is 3. The van der Waals surface area contributed by atoms with Crippen LogP contribution in [0.15, 0.2) is 28.7 Å². The summed E-state index contributed by atoms with van der Waals surface area (Å²) < 4.78 is 18.4. The Morgan fingerprint density at radius 2 is 1.92 bits per heavy atom. The molecule has 0 N–H and O–H groups in total. The van der Waals surface area contributed by atoms with Gasteiger partial charge in [0.1, 0.15) is 12.5 Å². The van der Waals surface area contributed by atoms with E-state index in [1.807, 2.05) is 12.1 Å². The van der Waals surface area contributed by atoms with Crippen LogP contribution in [0.25, 0.3) is 0 Å². The van der Waals surface area contributed by atoms with Crippen LogP contribution in [-0.4, -0.2) is 42.8 Å². The highest BCUT2D eigenvalue weighted by molar-refractivity contribution is 9.10. The lowest BCUT2D eigenvalue weighted by Gasteiger charge is -2.15. The number of benzene rings is 1. The zero-order valence-electron chi connectivity index (χ0n) is 14.8. The first kappa shape index (κ1) is 19.6. The second kappa shape index (κ2) is 8.59. The Morgan fingerprint density at radius 1 is 1.24 bits per heavy atom. The molecule has 0 atom stereocenters. The fourth-order valence-electron chi connectivity index (χ4n) is 1.89. The van der Waals surface area contributed by atoms with Gasteiger partial charge in [-0.3, -0.25) is 0 Å². The van der Waals surface area contributed by atoms with E-state index in [0.717, 1.165) is 10.5 Å². The predicted octanol–water partition coefficient (Wildman–Crippen LogP) is 3.93. The quantitative estimate of drug-likeness (QED) is 0.360. The van der Waals surface area contributed by atoms with Gasteiger partial charge in [-0.25, -0.2) is 9.48 Å². The Bertz CT molecular complexity index is 713. The number of carbonyl (C=O) groups is 1. The van der Waals surface area contributed by atoms with Gasteiger partial charge in [0.2, 0.25) is 5.69 Å². The first-order valence-corrected chi connectivity index (χ1v) is 12.3. The lowest BCUT2D eigenvalue weighted by atomic mass is 10.3. The summed E-state index contributed by atoms with van der Waals surface area (Å²) in [6.45, 7) is 7.55. The molecule has 0 aliphatic heterocycles. The summed E-state index contributed by atoms with van der Waals surface area (Å²) in [5, 5.41) is 7.89. The maximum Gasteiger partial charge on any atom is 0.362 e. The zero-order chi connectivity index (χ0) is 18.4. The van der Waals surface area contributed by atoms with Crippen molar-refractivity contribution in [3.8, 4) is 11.6 Å². The van der Waals surface area contributed by atoms with Crippen molar-refractivity contribution in [2.45, 2.75) is 32.4 Å². The maximum atomic E-state index is 12.1. The summed E-state index contributed by atoms with van der Waals surface area (Å²) in [6.07, 6.45) is 0. The van der Waals surface area contributed by atoms with Gasteiger partial charge in [0, 0.05) is 19.2 Å². The predicted molar refractivity (Wildman–Crippen MR) is 99.7 cm³/mol. The fraction of sp³-hybridized carbons (Fsp3) is 0.438. The highest BCUT2D eigenvalue weighted by atomic mass is 79.9. The summed E-state index contributed by atoms with van der Waals surface area (Å²) >= 11 is 3.36. The van der Waals surface area contributed by atoms with Gasteiger partial charge >= 0.3 is 5.97 Å². The van der Waals surface area contributed by atoms with Gasteiger partial charge < -0.3 is 14.2 Å². The Morgan fingerprint density at radius 3 is 2.52 bits per heavy atom. The number of nitrogens with zero attached hydrogens (tertiary/aromatic N) is 3. The summed E-state index contributed by atoms with van der Waals surface area (Å²) in [5.41, 5.74) is 0.124. The van der Waals surface area contributed by atoms with Crippen molar-refractivity contribution in [3.63, 3.8) is 0 Å². The molecule has 1 heterocycles. The third-order valence-electron chi connectivity index (χ3n) is 3.32. The Balaban J connectivity index is 2.11. The van der Waals surface area contributed by atoms with Gasteiger partial charge in [-0.05, 0) is 30.3 Å². The van der Waals surface area contributed by atoms with E-state index in [9.17, 15) is 4.79 Å². The van der Waals surface area contributed by atoms with Crippen LogP contribution in [0.4, 0.5) is 0 Å². The Hall–Kier alpha value is -1.71.